The maximum atomic E-state index is 12.8. The molecule has 0 radical (unpaired) electrons. The van der Waals surface area contributed by atoms with Crippen LogP contribution in [0, 0.1) is 6.92 Å². The van der Waals surface area contributed by atoms with Crippen molar-refractivity contribution in [2.24, 2.45) is 0 Å². The summed E-state index contributed by atoms with van der Waals surface area (Å²) in [6.07, 6.45) is -0.0346. The average molecular weight is 447 g/mol. The third-order valence-corrected chi connectivity index (χ3v) is 5.10. The Labute approximate surface area is 172 Å². The quantitative estimate of drug-likeness (QED) is 0.735. The van der Waals surface area contributed by atoms with E-state index in [2.05, 4.69) is 21.2 Å². The van der Waals surface area contributed by atoms with E-state index in [-0.39, 0.29) is 18.4 Å². The molecule has 0 bridgehead atoms. The van der Waals surface area contributed by atoms with Crippen LogP contribution >= 0.6 is 15.9 Å². The zero-order valence-electron chi connectivity index (χ0n) is 16.1. The van der Waals surface area contributed by atoms with Crippen LogP contribution in [0.4, 0.5) is 5.69 Å². The topological polar surface area (TPSA) is 67.9 Å². The molecule has 0 fully saturated rings. The summed E-state index contributed by atoms with van der Waals surface area (Å²) in [4.78, 5) is 26.9. The first-order valence-corrected chi connectivity index (χ1v) is 9.90. The van der Waals surface area contributed by atoms with E-state index in [1.54, 1.807) is 7.11 Å². The first-order valence-electron chi connectivity index (χ1n) is 9.10. The van der Waals surface area contributed by atoms with Crippen LogP contribution in [-0.4, -0.2) is 31.6 Å². The summed E-state index contributed by atoms with van der Waals surface area (Å²) in [6.45, 7) is 4.07. The van der Waals surface area contributed by atoms with Crippen LogP contribution in [0.3, 0.4) is 0 Å². The second-order valence-corrected chi connectivity index (χ2v) is 7.56. The van der Waals surface area contributed by atoms with Gasteiger partial charge in [-0.2, -0.15) is 0 Å². The lowest BCUT2D eigenvalue weighted by Gasteiger charge is -2.34. The number of halogens is 1. The Morgan fingerprint density at radius 2 is 2.07 bits per heavy atom. The van der Waals surface area contributed by atoms with Gasteiger partial charge in [0.1, 0.15) is 18.0 Å². The fourth-order valence-electron chi connectivity index (χ4n) is 3.13. The molecule has 0 aromatic heterocycles. The van der Waals surface area contributed by atoms with Crippen LogP contribution in [0.5, 0.6) is 11.5 Å². The SMILES string of the molecule is CCC1Oc2ccc(C)cc2N(CC(=O)NCc2cc(Br)ccc2OC)C1=O. The molecule has 2 aromatic rings. The van der Waals surface area contributed by atoms with Crippen molar-refractivity contribution >= 4 is 33.4 Å². The highest BCUT2D eigenvalue weighted by molar-refractivity contribution is 9.10. The zero-order chi connectivity index (χ0) is 20.3. The molecule has 1 N–H and O–H groups in total. The van der Waals surface area contributed by atoms with Crippen molar-refractivity contribution in [2.45, 2.75) is 32.9 Å². The molecule has 6 nitrogen and oxygen atoms in total. The molecule has 0 aliphatic carbocycles. The van der Waals surface area contributed by atoms with E-state index in [1.807, 2.05) is 50.2 Å². The molecule has 0 saturated heterocycles. The predicted octanol–water partition coefficient (Wildman–Crippen LogP) is 3.59. The van der Waals surface area contributed by atoms with E-state index in [0.717, 1.165) is 15.6 Å². The number of benzene rings is 2. The number of carbonyl (C=O) groups excluding carboxylic acids is 2. The van der Waals surface area contributed by atoms with Crippen molar-refractivity contribution < 1.29 is 19.1 Å². The third kappa shape index (κ3) is 4.30. The van der Waals surface area contributed by atoms with Crippen molar-refractivity contribution in [1.82, 2.24) is 5.32 Å². The summed E-state index contributed by atoms with van der Waals surface area (Å²) < 4.78 is 12.0. The maximum absolute atomic E-state index is 12.8. The van der Waals surface area contributed by atoms with E-state index in [0.29, 0.717) is 30.2 Å². The Morgan fingerprint density at radius 3 is 2.79 bits per heavy atom. The van der Waals surface area contributed by atoms with E-state index in [9.17, 15) is 9.59 Å². The lowest BCUT2D eigenvalue weighted by atomic mass is 10.1. The fraction of sp³-hybridized carbons (Fsp3) is 0.333. The number of carbonyl (C=O) groups is 2. The van der Waals surface area contributed by atoms with Crippen LogP contribution in [0.25, 0.3) is 0 Å². The minimum atomic E-state index is -0.576. The number of methoxy groups -OCH3 is 1. The lowest BCUT2D eigenvalue weighted by molar-refractivity contribution is -0.129. The minimum Gasteiger partial charge on any atom is -0.496 e. The monoisotopic (exact) mass is 446 g/mol. The summed E-state index contributed by atoms with van der Waals surface area (Å²) in [5.74, 6) is 0.867. The minimum absolute atomic E-state index is 0.0640. The molecule has 148 valence electrons. The van der Waals surface area contributed by atoms with Gasteiger partial charge in [0.25, 0.3) is 5.91 Å². The summed E-state index contributed by atoms with van der Waals surface area (Å²) in [5, 5.41) is 2.87. The number of nitrogens with one attached hydrogen (secondary N) is 1. The highest BCUT2D eigenvalue weighted by atomic mass is 79.9. The van der Waals surface area contributed by atoms with Gasteiger partial charge in [-0.15, -0.1) is 0 Å². The molecule has 28 heavy (non-hydrogen) atoms. The molecule has 2 aromatic carbocycles. The normalized spacial score (nSPS) is 15.6. The van der Waals surface area contributed by atoms with Gasteiger partial charge in [-0.25, -0.2) is 0 Å². The molecular weight excluding hydrogens is 424 g/mol. The predicted molar refractivity (Wildman–Crippen MR) is 111 cm³/mol. The van der Waals surface area contributed by atoms with E-state index < -0.39 is 6.10 Å². The first kappa shape index (κ1) is 20.2. The van der Waals surface area contributed by atoms with Crippen molar-refractivity contribution in [3.63, 3.8) is 0 Å². The average Bonchev–Trinajstić information content (AvgIpc) is 2.68. The number of anilines is 1. The molecule has 1 aliphatic heterocycles. The van der Waals surface area contributed by atoms with Gasteiger partial charge >= 0.3 is 0 Å². The molecule has 7 heteroatoms. The van der Waals surface area contributed by atoms with E-state index in [4.69, 9.17) is 9.47 Å². The van der Waals surface area contributed by atoms with Crippen LogP contribution in [0.15, 0.2) is 40.9 Å². The van der Waals surface area contributed by atoms with Crippen molar-refractivity contribution in [2.75, 3.05) is 18.6 Å². The van der Waals surface area contributed by atoms with Crippen molar-refractivity contribution in [3.8, 4) is 11.5 Å². The van der Waals surface area contributed by atoms with Crippen LogP contribution < -0.4 is 19.7 Å². The zero-order valence-corrected chi connectivity index (χ0v) is 17.7. The first-order chi connectivity index (χ1) is 13.4. The van der Waals surface area contributed by atoms with Gasteiger partial charge in [0.15, 0.2) is 6.10 Å². The molecule has 1 heterocycles. The second kappa shape index (κ2) is 8.65. The molecule has 1 aliphatic rings. The highest BCUT2D eigenvalue weighted by Crippen LogP contribution is 2.35. The number of nitrogens with zero attached hydrogens (tertiary/aromatic N) is 1. The number of aryl methyl sites for hydroxylation is 1. The van der Waals surface area contributed by atoms with Gasteiger partial charge < -0.3 is 14.8 Å². The number of fused-ring (bicyclic) bond motifs is 1. The maximum Gasteiger partial charge on any atom is 0.268 e. The Morgan fingerprint density at radius 1 is 1.29 bits per heavy atom. The van der Waals surface area contributed by atoms with Crippen molar-refractivity contribution in [3.05, 3.63) is 52.0 Å². The van der Waals surface area contributed by atoms with E-state index in [1.165, 1.54) is 4.90 Å². The Bertz CT molecular complexity index is 900. The number of amides is 2. The standard InChI is InChI=1S/C21H23BrN2O4/c1-4-17-21(26)24(16-9-13(2)5-7-19(16)28-17)12-20(25)23-11-14-10-15(22)6-8-18(14)27-3/h5-10,17H,4,11-12H2,1-3H3,(H,23,25). The van der Waals surface area contributed by atoms with Gasteiger partial charge in [-0.3, -0.25) is 14.5 Å². The van der Waals surface area contributed by atoms with Crippen LogP contribution in [-0.2, 0) is 16.1 Å². The summed E-state index contributed by atoms with van der Waals surface area (Å²) in [6, 6.07) is 11.2. The number of rotatable bonds is 6. The van der Waals surface area contributed by atoms with Crippen LogP contribution in [0.1, 0.15) is 24.5 Å². The van der Waals surface area contributed by atoms with Gasteiger partial charge in [0, 0.05) is 16.6 Å². The summed E-state index contributed by atoms with van der Waals surface area (Å²) in [5.41, 5.74) is 2.47. The summed E-state index contributed by atoms with van der Waals surface area (Å²) >= 11 is 3.42. The smallest absolute Gasteiger partial charge is 0.268 e. The van der Waals surface area contributed by atoms with Gasteiger partial charge in [0.05, 0.1) is 12.8 Å². The van der Waals surface area contributed by atoms with Gasteiger partial charge in [-0.1, -0.05) is 28.9 Å². The lowest BCUT2D eigenvalue weighted by Crippen LogP contribution is -2.49. The molecule has 3 rings (SSSR count). The molecule has 2 amide bonds. The van der Waals surface area contributed by atoms with Crippen LogP contribution in [0.2, 0.25) is 0 Å². The Kier molecular flexibility index (Phi) is 6.24. The Balaban J connectivity index is 1.75. The molecule has 1 atom stereocenters. The second-order valence-electron chi connectivity index (χ2n) is 6.64. The molecule has 0 saturated carbocycles. The molecular formula is C21H23BrN2O4. The highest BCUT2D eigenvalue weighted by Gasteiger charge is 2.34. The fourth-order valence-corrected chi connectivity index (χ4v) is 3.54. The Hall–Kier alpha value is -2.54. The molecule has 0 spiro atoms. The number of hydrogen-bond donors (Lipinski definition) is 1. The van der Waals surface area contributed by atoms with E-state index >= 15 is 0 Å². The molecule has 1 unspecified atom stereocenters. The van der Waals surface area contributed by atoms with Crippen molar-refractivity contribution in [1.29, 1.82) is 0 Å². The number of hydrogen-bond acceptors (Lipinski definition) is 4. The summed E-state index contributed by atoms with van der Waals surface area (Å²) in [7, 11) is 1.59. The van der Waals surface area contributed by atoms with Gasteiger partial charge in [0.2, 0.25) is 5.91 Å². The third-order valence-electron chi connectivity index (χ3n) is 4.61. The van der Waals surface area contributed by atoms with Gasteiger partial charge in [-0.05, 0) is 49.2 Å². The largest absolute Gasteiger partial charge is 0.496 e. The number of ether oxygens (including phenoxy) is 2.